The van der Waals surface area contributed by atoms with Gasteiger partial charge < -0.3 is 4.74 Å². The molecule has 0 bridgehead atoms. The largest absolute Gasteiger partial charge is 0.461 e. The van der Waals surface area contributed by atoms with Crippen LogP contribution in [-0.2, 0) is 9.53 Å². The zero-order chi connectivity index (χ0) is 7.68. The van der Waals surface area contributed by atoms with Crippen LogP contribution in [-0.4, -0.2) is 12.6 Å². The van der Waals surface area contributed by atoms with Crippen LogP contribution in [0.3, 0.4) is 0 Å². The molecule has 0 aromatic rings. The van der Waals surface area contributed by atoms with E-state index < -0.39 is 0 Å². The number of ether oxygens (including phenoxy) is 1. The van der Waals surface area contributed by atoms with E-state index >= 15 is 0 Å². The number of carbonyl (C=O) groups is 1. The van der Waals surface area contributed by atoms with Crippen molar-refractivity contribution >= 4 is 5.97 Å². The molecule has 0 spiro atoms. The van der Waals surface area contributed by atoms with Crippen molar-refractivity contribution in [3.8, 4) is 0 Å². The van der Waals surface area contributed by atoms with E-state index in [2.05, 4.69) is 12.2 Å². The molecule has 2 heteroatoms. The lowest BCUT2D eigenvalue weighted by atomic mass is 10.0. The summed E-state index contributed by atoms with van der Waals surface area (Å²) in [6, 6.07) is 0. The van der Waals surface area contributed by atoms with Crippen molar-refractivity contribution in [3.63, 3.8) is 0 Å². The molecule has 11 heavy (non-hydrogen) atoms. The van der Waals surface area contributed by atoms with Gasteiger partial charge in [-0.1, -0.05) is 18.2 Å². The van der Waals surface area contributed by atoms with Gasteiger partial charge in [0.05, 0.1) is 0 Å². The third-order valence-electron chi connectivity index (χ3n) is 2.10. The summed E-state index contributed by atoms with van der Waals surface area (Å²) in [7, 11) is 0. The minimum absolute atomic E-state index is 0.124. The Hall–Kier alpha value is -1.05. The van der Waals surface area contributed by atoms with Gasteiger partial charge in [0.25, 0.3) is 0 Å². The van der Waals surface area contributed by atoms with E-state index in [1.807, 2.05) is 6.08 Å². The Morgan fingerprint density at radius 2 is 2.36 bits per heavy atom. The molecule has 1 atom stereocenters. The Morgan fingerprint density at radius 1 is 1.45 bits per heavy atom. The molecule has 1 heterocycles. The van der Waals surface area contributed by atoms with Crippen LogP contribution in [0, 0.1) is 5.92 Å². The maximum atomic E-state index is 11.0. The summed E-state index contributed by atoms with van der Waals surface area (Å²) in [6.45, 7) is 0.543. The Balaban J connectivity index is 2.30. The molecule has 0 N–H and O–H groups in total. The second-order valence-corrected chi connectivity index (χ2v) is 2.87. The molecule has 0 radical (unpaired) electrons. The topological polar surface area (TPSA) is 26.3 Å². The third kappa shape index (κ3) is 1.09. The molecule has 2 nitrogen and oxygen atoms in total. The van der Waals surface area contributed by atoms with E-state index in [9.17, 15) is 4.79 Å². The lowest BCUT2D eigenvalue weighted by Crippen LogP contribution is -1.98. The first-order chi connectivity index (χ1) is 5.38. The lowest BCUT2D eigenvalue weighted by molar-refractivity contribution is -0.135. The van der Waals surface area contributed by atoms with E-state index in [-0.39, 0.29) is 11.9 Å². The molecule has 1 aliphatic heterocycles. The normalized spacial score (nSPS) is 28.9. The minimum Gasteiger partial charge on any atom is -0.461 e. The monoisotopic (exact) mass is 150 g/mol. The van der Waals surface area contributed by atoms with Gasteiger partial charge in [0.1, 0.15) is 6.61 Å². The van der Waals surface area contributed by atoms with E-state index in [4.69, 9.17) is 4.74 Å². The predicted octanol–water partition coefficient (Wildman–Crippen LogP) is 1.44. The Morgan fingerprint density at radius 3 is 3.27 bits per heavy atom. The van der Waals surface area contributed by atoms with Gasteiger partial charge in [0.2, 0.25) is 0 Å². The van der Waals surface area contributed by atoms with Gasteiger partial charge in [0, 0.05) is 11.5 Å². The fourth-order valence-electron chi connectivity index (χ4n) is 1.48. The van der Waals surface area contributed by atoms with Gasteiger partial charge in [-0.25, -0.2) is 4.79 Å². The molecule has 0 aromatic heterocycles. The third-order valence-corrected chi connectivity index (χ3v) is 2.10. The van der Waals surface area contributed by atoms with Crippen LogP contribution in [0.2, 0.25) is 0 Å². The fraction of sp³-hybridized carbons (Fsp3) is 0.444. The summed E-state index contributed by atoms with van der Waals surface area (Å²) in [5, 5.41) is 0. The van der Waals surface area contributed by atoms with Gasteiger partial charge in [-0.2, -0.15) is 0 Å². The van der Waals surface area contributed by atoms with Crippen molar-refractivity contribution in [1.82, 2.24) is 0 Å². The molecule has 58 valence electrons. The van der Waals surface area contributed by atoms with Crippen LogP contribution >= 0.6 is 0 Å². The average Bonchev–Trinajstić information content (AvgIpc) is 2.25. The van der Waals surface area contributed by atoms with E-state index in [0.29, 0.717) is 6.61 Å². The summed E-state index contributed by atoms with van der Waals surface area (Å²) in [6.07, 6.45) is 8.21. The maximum Gasteiger partial charge on any atom is 0.334 e. The van der Waals surface area contributed by atoms with Crippen LogP contribution in [0.5, 0.6) is 0 Å². The lowest BCUT2D eigenvalue weighted by Gasteiger charge is -1.95. The second-order valence-electron chi connectivity index (χ2n) is 2.87. The minimum atomic E-state index is -0.124. The Bertz CT molecular complexity index is 238. The summed E-state index contributed by atoms with van der Waals surface area (Å²) in [5.74, 6) is 0.117. The van der Waals surface area contributed by atoms with Gasteiger partial charge in [-0.15, -0.1) is 0 Å². The summed E-state index contributed by atoms with van der Waals surface area (Å²) >= 11 is 0. The predicted molar refractivity (Wildman–Crippen MR) is 40.9 cm³/mol. The average molecular weight is 150 g/mol. The van der Waals surface area contributed by atoms with Gasteiger partial charge in [0.15, 0.2) is 0 Å². The summed E-state index contributed by atoms with van der Waals surface area (Å²) in [4.78, 5) is 11.0. The van der Waals surface area contributed by atoms with Crippen molar-refractivity contribution < 1.29 is 9.53 Å². The van der Waals surface area contributed by atoms with Crippen molar-refractivity contribution in [2.24, 2.45) is 5.92 Å². The molecular weight excluding hydrogens is 140 g/mol. The van der Waals surface area contributed by atoms with Crippen LogP contribution in [0.15, 0.2) is 23.8 Å². The summed E-state index contributed by atoms with van der Waals surface area (Å²) in [5.41, 5.74) is 0.860. The number of rotatable bonds is 0. The Kier molecular flexibility index (Phi) is 1.53. The van der Waals surface area contributed by atoms with Crippen LogP contribution in [0.25, 0.3) is 0 Å². The van der Waals surface area contributed by atoms with E-state index in [1.54, 1.807) is 0 Å². The number of allylic oxidation sites excluding steroid dienone is 2. The number of hydrogen-bond donors (Lipinski definition) is 0. The summed E-state index contributed by atoms with van der Waals surface area (Å²) < 4.78 is 4.90. The molecule has 1 saturated heterocycles. The molecule has 2 aliphatic rings. The van der Waals surface area contributed by atoms with Crippen molar-refractivity contribution in [2.75, 3.05) is 6.61 Å². The number of fused-ring (bicyclic) bond motifs is 1. The molecule has 0 aromatic carbocycles. The first kappa shape index (κ1) is 6.65. The quantitative estimate of drug-likeness (QED) is 0.386. The van der Waals surface area contributed by atoms with E-state index in [0.717, 1.165) is 18.4 Å². The molecular formula is C9H10O2. The molecule has 0 saturated carbocycles. The smallest absolute Gasteiger partial charge is 0.334 e. The van der Waals surface area contributed by atoms with E-state index in [1.165, 1.54) is 0 Å². The van der Waals surface area contributed by atoms with Gasteiger partial charge in [-0.3, -0.25) is 0 Å². The van der Waals surface area contributed by atoms with Crippen LogP contribution in [0.1, 0.15) is 12.8 Å². The highest BCUT2D eigenvalue weighted by Crippen LogP contribution is 2.25. The van der Waals surface area contributed by atoms with Crippen LogP contribution in [0.4, 0.5) is 0 Å². The molecule has 1 fully saturated rings. The second kappa shape index (κ2) is 2.53. The SMILES string of the molecule is O=C1OCC2C=CCCC=C12. The number of carbonyl (C=O) groups excluding carboxylic acids is 1. The highest BCUT2D eigenvalue weighted by Gasteiger charge is 2.28. The highest BCUT2D eigenvalue weighted by atomic mass is 16.5. The Labute approximate surface area is 65.5 Å². The van der Waals surface area contributed by atoms with Crippen molar-refractivity contribution in [3.05, 3.63) is 23.8 Å². The molecule has 2 rings (SSSR count). The number of cyclic esters (lactones) is 1. The standard InChI is InChI=1S/C9H10O2/c10-9-8-5-3-1-2-4-7(8)6-11-9/h2,4-5,7H,1,3,6H2. The first-order valence-corrected chi connectivity index (χ1v) is 3.92. The fourth-order valence-corrected chi connectivity index (χ4v) is 1.48. The van der Waals surface area contributed by atoms with Gasteiger partial charge in [-0.05, 0) is 12.8 Å². The van der Waals surface area contributed by atoms with Crippen molar-refractivity contribution in [1.29, 1.82) is 0 Å². The van der Waals surface area contributed by atoms with Gasteiger partial charge >= 0.3 is 5.97 Å². The van der Waals surface area contributed by atoms with Crippen molar-refractivity contribution in [2.45, 2.75) is 12.8 Å². The zero-order valence-electron chi connectivity index (χ0n) is 6.25. The zero-order valence-corrected chi connectivity index (χ0v) is 6.25. The molecule has 1 unspecified atom stereocenters. The highest BCUT2D eigenvalue weighted by molar-refractivity contribution is 5.91. The maximum absolute atomic E-state index is 11.0. The number of hydrogen-bond acceptors (Lipinski definition) is 2. The molecule has 1 aliphatic carbocycles. The molecule has 0 amide bonds. The first-order valence-electron chi connectivity index (χ1n) is 3.92. The number of esters is 1. The van der Waals surface area contributed by atoms with Crippen LogP contribution < -0.4 is 0 Å².